The van der Waals surface area contributed by atoms with Crippen LogP contribution in [0.5, 0.6) is 5.75 Å². The van der Waals surface area contributed by atoms with E-state index in [1.54, 1.807) is 13.1 Å². The van der Waals surface area contributed by atoms with Gasteiger partial charge in [0.25, 0.3) is 5.91 Å². The minimum absolute atomic E-state index is 0.0780. The number of aryl methyl sites for hydroxylation is 1. The zero-order valence-corrected chi connectivity index (χ0v) is 17.9. The molecule has 6 nitrogen and oxygen atoms in total. The number of fused-ring (bicyclic) bond motifs is 1. The normalized spacial score (nSPS) is 13.5. The Bertz CT molecular complexity index is 908. The third-order valence-electron chi connectivity index (χ3n) is 5.49. The minimum Gasteiger partial charge on any atom is -0.508 e. The summed E-state index contributed by atoms with van der Waals surface area (Å²) in [5.74, 6) is 0.986. The van der Waals surface area contributed by atoms with Crippen molar-refractivity contribution < 1.29 is 9.90 Å². The fourth-order valence-corrected chi connectivity index (χ4v) is 3.91. The molecular formula is C24H32N4O2. The molecule has 0 saturated heterocycles. The first kappa shape index (κ1) is 21.7. The van der Waals surface area contributed by atoms with Crippen LogP contribution in [0, 0.1) is 0 Å². The second-order valence-corrected chi connectivity index (χ2v) is 7.56. The van der Waals surface area contributed by atoms with E-state index in [9.17, 15) is 9.90 Å². The van der Waals surface area contributed by atoms with Gasteiger partial charge in [0.1, 0.15) is 5.75 Å². The van der Waals surface area contributed by atoms with Crippen molar-refractivity contribution in [2.45, 2.75) is 45.6 Å². The van der Waals surface area contributed by atoms with Crippen LogP contribution in [-0.2, 0) is 25.8 Å². The van der Waals surface area contributed by atoms with Gasteiger partial charge in [-0.15, -0.1) is 0 Å². The van der Waals surface area contributed by atoms with Crippen LogP contribution in [0.4, 0.5) is 0 Å². The summed E-state index contributed by atoms with van der Waals surface area (Å²) in [6, 6.07) is 11.5. The van der Waals surface area contributed by atoms with E-state index in [1.165, 1.54) is 24.0 Å². The fraction of sp³-hybridized carbons (Fsp3) is 0.417. The van der Waals surface area contributed by atoms with E-state index in [1.807, 2.05) is 37.3 Å². The SMILES string of the molecule is CCNC(=NCc1c(O)ccc2c1CCCC2)NCCc1cccc(C(=O)NC)c1. The number of nitrogens with one attached hydrogen (secondary N) is 3. The number of phenolic OH excluding ortho intramolecular Hbond substituents is 1. The Balaban J connectivity index is 1.64. The highest BCUT2D eigenvalue weighted by atomic mass is 16.3. The molecule has 1 aliphatic rings. The first-order valence-electron chi connectivity index (χ1n) is 10.8. The van der Waals surface area contributed by atoms with Crippen molar-refractivity contribution in [2.75, 3.05) is 20.1 Å². The van der Waals surface area contributed by atoms with Gasteiger partial charge in [0.05, 0.1) is 6.54 Å². The van der Waals surface area contributed by atoms with Gasteiger partial charge in [-0.3, -0.25) is 4.79 Å². The number of benzene rings is 2. The van der Waals surface area contributed by atoms with Crippen LogP contribution < -0.4 is 16.0 Å². The lowest BCUT2D eigenvalue weighted by atomic mass is 9.88. The van der Waals surface area contributed by atoms with Gasteiger partial charge in [-0.05, 0) is 73.9 Å². The minimum atomic E-state index is -0.0780. The van der Waals surface area contributed by atoms with Crippen LogP contribution in [-0.4, -0.2) is 37.1 Å². The Morgan fingerprint density at radius 1 is 1.13 bits per heavy atom. The molecule has 4 N–H and O–H groups in total. The summed E-state index contributed by atoms with van der Waals surface area (Å²) < 4.78 is 0. The smallest absolute Gasteiger partial charge is 0.251 e. The average molecular weight is 409 g/mol. The predicted octanol–water partition coefficient (Wildman–Crippen LogP) is 2.93. The van der Waals surface area contributed by atoms with E-state index in [0.29, 0.717) is 24.4 Å². The molecule has 0 atom stereocenters. The Kier molecular flexibility index (Phi) is 7.71. The molecule has 6 heteroatoms. The number of guanidine groups is 1. The van der Waals surface area contributed by atoms with Crippen molar-refractivity contribution in [1.82, 2.24) is 16.0 Å². The van der Waals surface area contributed by atoms with Gasteiger partial charge < -0.3 is 21.1 Å². The highest BCUT2D eigenvalue weighted by molar-refractivity contribution is 5.94. The number of phenols is 1. The van der Waals surface area contributed by atoms with Gasteiger partial charge in [-0.2, -0.15) is 0 Å². The second kappa shape index (κ2) is 10.7. The van der Waals surface area contributed by atoms with Gasteiger partial charge >= 0.3 is 0 Å². The zero-order chi connectivity index (χ0) is 21.3. The van der Waals surface area contributed by atoms with Crippen molar-refractivity contribution in [3.05, 3.63) is 64.2 Å². The summed E-state index contributed by atoms with van der Waals surface area (Å²) in [4.78, 5) is 16.5. The number of aliphatic imine (C=N–C) groups is 1. The molecule has 0 heterocycles. The van der Waals surface area contributed by atoms with Crippen LogP contribution in [0.25, 0.3) is 0 Å². The molecule has 1 aliphatic carbocycles. The van der Waals surface area contributed by atoms with Crippen LogP contribution in [0.2, 0.25) is 0 Å². The summed E-state index contributed by atoms with van der Waals surface area (Å²) in [7, 11) is 1.64. The molecule has 0 aromatic heterocycles. The molecule has 3 rings (SSSR count). The molecule has 0 bridgehead atoms. The van der Waals surface area contributed by atoms with Crippen LogP contribution in [0.1, 0.15) is 52.4 Å². The van der Waals surface area contributed by atoms with E-state index in [2.05, 4.69) is 16.0 Å². The highest BCUT2D eigenvalue weighted by Gasteiger charge is 2.16. The van der Waals surface area contributed by atoms with Crippen molar-refractivity contribution in [3.63, 3.8) is 0 Å². The summed E-state index contributed by atoms with van der Waals surface area (Å²) in [6.07, 6.45) is 5.26. The average Bonchev–Trinajstić information content (AvgIpc) is 2.78. The third kappa shape index (κ3) is 5.53. The first-order chi connectivity index (χ1) is 14.6. The molecule has 160 valence electrons. The summed E-state index contributed by atoms with van der Waals surface area (Å²) >= 11 is 0. The molecule has 0 unspecified atom stereocenters. The van der Waals surface area contributed by atoms with Gasteiger partial charge in [0, 0.05) is 31.3 Å². The highest BCUT2D eigenvalue weighted by Crippen LogP contribution is 2.31. The molecule has 0 spiro atoms. The Labute approximate surface area is 178 Å². The Hall–Kier alpha value is -3.02. The number of rotatable bonds is 7. The standard InChI is InChI=1S/C24H32N4O2/c1-3-26-24(27-14-13-17-7-6-9-19(15-17)23(30)25-2)28-16-21-20-10-5-4-8-18(20)11-12-22(21)29/h6-7,9,11-12,15,29H,3-5,8,10,13-14,16H2,1-2H3,(H,25,30)(H2,26,27,28). The van der Waals surface area contributed by atoms with Gasteiger partial charge in [0.2, 0.25) is 0 Å². The van der Waals surface area contributed by atoms with E-state index >= 15 is 0 Å². The van der Waals surface area contributed by atoms with Crippen LogP contribution in [0.3, 0.4) is 0 Å². The molecule has 0 saturated carbocycles. The summed E-state index contributed by atoms with van der Waals surface area (Å²) in [5, 5.41) is 19.7. The third-order valence-corrected chi connectivity index (χ3v) is 5.49. The number of hydrogen-bond donors (Lipinski definition) is 4. The molecular weight excluding hydrogens is 376 g/mol. The lowest BCUT2D eigenvalue weighted by Gasteiger charge is -2.20. The fourth-order valence-electron chi connectivity index (χ4n) is 3.91. The maximum absolute atomic E-state index is 11.8. The summed E-state index contributed by atoms with van der Waals surface area (Å²) in [6.45, 7) is 3.95. The first-order valence-corrected chi connectivity index (χ1v) is 10.8. The second-order valence-electron chi connectivity index (χ2n) is 7.56. The van der Waals surface area contributed by atoms with Crippen molar-refractivity contribution >= 4 is 11.9 Å². The topological polar surface area (TPSA) is 85.8 Å². The predicted molar refractivity (Wildman–Crippen MR) is 121 cm³/mol. The van der Waals surface area contributed by atoms with Crippen molar-refractivity contribution in [3.8, 4) is 5.75 Å². The van der Waals surface area contributed by atoms with Gasteiger partial charge in [-0.1, -0.05) is 18.2 Å². The van der Waals surface area contributed by atoms with Gasteiger partial charge in [-0.25, -0.2) is 4.99 Å². The van der Waals surface area contributed by atoms with Crippen molar-refractivity contribution in [1.29, 1.82) is 0 Å². The van der Waals surface area contributed by atoms with Crippen LogP contribution in [0.15, 0.2) is 41.4 Å². The number of hydrogen-bond acceptors (Lipinski definition) is 3. The number of amides is 1. The summed E-state index contributed by atoms with van der Waals surface area (Å²) in [5.41, 5.74) is 5.32. The molecule has 1 amide bonds. The van der Waals surface area contributed by atoms with E-state index < -0.39 is 0 Å². The van der Waals surface area contributed by atoms with E-state index in [0.717, 1.165) is 42.9 Å². The number of aromatic hydroxyl groups is 1. The molecule has 0 fully saturated rings. The largest absolute Gasteiger partial charge is 0.508 e. The van der Waals surface area contributed by atoms with E-state index in [-0.39, 0.29) is 5.91 Å². The quantitative estimate of drug-likeness (QED) is 0.419. The molecule has 30 heavy (non-hydrogen) atoms. The maximum Gasteiger partial charge on any atom is 0.251 e. The van der Waals surface area contributed by atoms with E-state index in [4.69, 9.17) is 4.99 Å². The Morgan fingerprint density at radius 2 is 1.97 bits per heavy atom. The number of nitrogens with zero attached hydrogens (tertiary/aromatic N) is 1. The molecule has 0 aliphatic heterocycles. The lowest BCUT2D eigenvalue weighted by Crippen LogP contribution is -2.38. The Morgan fingerprint density at radius 3 is 2.77 bits per heavy atom. The number of carbonyl (C=O) groups excluding carboxylic acids is 1. The molecule has 0 radical (unpaired) electrons. The molecule has 2 aromatic carbocycles. The van der Waals surface area contributed by atoms with Crippen molar-refractivity contribution in [2.24, 2.45) is 4.99 Å². The van der Waals surface area contributed by atoms with Gasteiger partial charge in [0.15, 0.2) is 5.96 Å². The molecule has 2 aromatic rings. The number of carbonyl (C=O) groups is 1. The lowest BCUT2D eigenvalue weighted by molar-refractivity contribution is 0.0963. The monoisotopic (exact) mass is 408 g/mol. The maximum atomic E-state index is 11.8. The zero-order valence-electron chi connectivity index (χ0n) is 17.9. The van der Waals surface area contributed by atoms with Crippen LogP contribution >= 0.6 is 0 Å².